The monoisotopic (exact) mass is 125 g/mol. The van der Waals surface area contributed by atoms with Crippen molar-refractivity contribution in [3.63, 3.8) is 0 Å². The van der Waals surface area contributed by atoms with Gasteiger partial charge in [0.1, 0.15) is 0 Å². The Kier molecular flexibility index (Phi) is 2.38. The number of hydrazine groups is 2. The molecule has 0 amide bonds. The first-order valence-electron chi connectivity index (χ1n) is 1.47. The van der Waals surface area contributed by atoms with Crippen LogP contribution in [0.25, 0.3) is 0 Å². The van der Waals surface area contributed by atoms with E-state index in [1.54, 1.807) is 10.4 Å². The maximum absolute atomic E-state index is 10.3. The topological polar surface area (TPSA) is 119 Å². The van der Waals surface area contributed by atoms with E-state index in [4.69, 9.17) is 5.50 Å². The van der Waals surface area contributed by atoms with Crippen LogP contribution in [0.2, 0.25) is 0 Å². The Morgan fingerprint density at radius 1 is 1.29 bits per heavy atom. The third-order valence-electron chi connectivity index (χ3n) is 0.384. The molecule has 8 N–H and O–H groups in total. The lowest BCUT2D eigenvalue weighted by Gasteiger charge is -2.05. The number of nitrogens with one attached hydrogen (secondary N) is 2. The minimum Gasteiger partial charge on any atom is -0.269 e. The highest BCUT2D eigenvalue weighted by molar-refractivity contribution is 7.57. The number of hydrogen-bond acceptors (Lipinski definition) is 3. The van der Waals surface area contributed by atoms with Crippen LogP contribution < -0.4 is 27.6 Å². The number of nitrogens with two attached hydrogens (primary N) is 3. The van der Waals surface area contributed by atoms with Crippen molar-refractivity contribution in [1.29, 1.82) is 0 Å². The fraction of sp³-hybridized carbons (Fsp3) is 0. The Balaban J connectivity index is 3.61. The van der Waals surface area contributed by atoms with Crippen molar-refractivity contribution < 1.29 is 4.57 Å². The molecule has 0 atom stereocenters. The van der Waals surface area contributed by atoms with E-state index in [1.165, 1.54) is 0 Å². The summed E-state index contributed by atoms with van der Waals surface area (Å²) in [6.45, 7) is 0. The van der Waals surface area contributed by atoms with Gasteiger partial charge in [-0.1, -0.05) is 0 Å². The van der Waals surface area contributed by atoms with E-state index in [-0.39, 0.29) is 0 Å². The Morgan fingerprint density at radius 3 is 1.57 bits per heavy atom. The summed E-state index contributed by atoms with van der Waals surface area (Å²) in [4.78, 5) is 0. The van der Waals surface area contributed by atoms with Crippen LogP contribution >= 0.6 is 7.59 Å². The minimum atomic E-state index is -3.10. The molecule has 0 aliphatic heterocycles. The summed E-state index contributed by atoms with van der Waals surface area (Å²) in [6.07, 6.45) is 0. The number of hydrogen-bond donors (Lipinski definition) is 5. The molecular weight excluding hydrogens is 117 g/mol. The average Bonchev–Trinajstić information content (AvgIpc) is 1.68. The van der Waals surface area contributed by atoms with Gasteiger partial charge in [-0.25, -0.2) is 0 Å². The predicted molar refractivity (Wildman–Crippen MR) is 26.4 cm³/mol. The van der Waals surface area contributed by atoms with E-state index >= 15 is 0 Å². The smallest absolute Gasteiger partial charge is 0.269 e. The molecule has 0 aromatic rings. The van der Waals surface area contributed by atoms with Crippen molar-refractivity contribution in [3.8, 4) is 0 Å². The molecule has 44 valence electrons. The van der Waals surface area contributed by atoms with Crippen molar-refractivity contribution in [2.24, 2.45) is 17.2 Å². The van der Waals surface area contributed by atoms with Crippen LogP contribution in [0.15, 0.2) is 0 Å². The third kappa shape index (κ3) is 2.69. The fourth-order valence-electron chi connectivity index (χ4n) is 0.0373. The Morgan fingerprint density at radius 2 is 1.57 bits per heavy atom. The second kappa shape index (κ2) is 2.37. The maximum atomic E-state index is 10.3. The summed E-state index contributed by atoms with van der Waals surface area (Å²) in [5, 5.41) is 3.58. The summed E-state index contributed by atoms with van der Waals surface area (Å²) in [7, 11) is -3.10. The van der Waals surface area contributed by atoms with E-state index in [2.05, 4.69) is 11.7 Å². The van der Waals surface area contributed by atoms with Gasteiger partial charge in [-0.15, -0.1) is 0 Å². The molecule has 0 radical (unpaired) electrons. The first-order chi connectivity index (χ1) is 3.12. The van der Waals surface area contributed by atoms with Gasteiger partial charge in [0.05, 0.1) is 0 Å². The van der Waals surface area contributed by atoms with E-state index in [0.29, 0.717) is 0 Å². The molecule has 7 heavy (non-hydrogen) atoms. The van der Waals surface area contributed by atoms with Crippen LogP contribution in [-0.2, 0) is 4.57 Å². The van der Waals surface area contributed by atoms with Crippen LogP contribution in [0.1, 0.15) is 0 Å². The molecule has 0 bridgehead atoms. The summed E-state index contributed by atoms with van der Waals surface area (Å²) in [6, 6.07) is 0. The molecular formula is H8N5OP. The van der Waals surface area contributed by atoms with E-state index < -0.39 is 7.59 Å². The first kappa shape index (κ1) is 7.03. The zero-order valence-corrected chi connectivity index (χ0v) is 4.48. The predicted octanol–water partition coefficient (Wildman–Crippen LogP) is -2.02. The van der Waals surface area contributed by atoms with Crippen molar-refractivity contribution in [2.75, 3.05) is 0 Å². The molecule has 0 saturated heterocycles. The van der Waals surface area contributed by atoms with Gasteiger partial charge >= 0.3 is 7.59 Å². The van der Waals surface area contributed by atoms with E-state index in [0.717, 1.165) is 0 Å². The van der Waals surface area contributed by atoms with Gasteiger partial charge in [0.2, 0.25) is 0 Å². The van der Waals surface area contributed by atoms with Gasteiger partial charge in [-0.05, 0) is 0 Å². The zero-order chi connectivity index (χ0) is 5.91. The zero-order valence-electron chi connectivity index (χ0n) is 3.59. The van der Waals surface area contributed by atoms with Gasteiger partial charge < -0.3 is 0 Å². The molecule has 0 fully saturated rings. The Bertz CT molecular complexity index is 80.1. The lowest BCUT2D eigenvalue weighted by atomic mass is 12.9. The van der Waals surface area contributed by atoms with Crippen molar-refractivity contribution in [2.45, 2.75) is 0 Å². The lowest BCUT2D eigenvalue weighted by molar-refractivity contribution is 0.557. The molecule has 0 heterocycles. The second-order valence-electron chi connectivity index (χ2n) is 0.916. The molecule has 0 aromatic carbocycles. The van der Waals surface area contributed by atoms with Crippen molar-refractivity contribution >= 4 is 7.59 Å². The van der Waals surface area contributed by atoms with Crippen LogP contribution in [0.3, 0.4) is 0 Å². The average molecular weight is 125 g/mol. The van der Waals surface area contributed by atoms with Crippen LogP contribution in [0.4, 0.5) is 0 Å². The third-order valence-corrected chi connectivity index (χ3v) is 1.15. The molecule has 0 saturated carbocycles. The van der Waals surface area contributed by atoms with Gasteiger partial charge in [0, 0.05) is 0 Å². The molecule has 0 aliphatic rings. The normalized spacial score (nSPS) is 11.9. The Labute approximate surface area is 40.9 Å². The molecule has 6 nitrogen and oxygen atoms in total. The van der Waals surface area contributed by atoms with E-state index in [1.807, 2.05) is 0 Å². The highest BCUT2D eigenvalue weighted by Crippen LogP contribution is 2.17. The van der Waals surface area contributed by atoms with E-state index in [9.17, 15) is 4.57 Å². The molecule has 0 spiro atoms. The van der Waals surface area contributed by atoms with Gasteiger partial charge in [-0.3, -0.25) is 21.8 Å². The van der Waals surface area contributed by atoms with Crippen molar-refractivity contribution in [3.05, 3.63) is 0 Å². The van der Waals surface area contributed by atoms with Gasteiger partial charge in [0.15, 0.2) is 0 Å². The van der Waals surface area contributed by atoms with Gasteiger partial charge in [-0.2, -0.15) is 10.4 Å². The van der Waals surface area contributed by atoms with Gasteiger partial charge in [0.25, 0.3) is 0 Å². The maximum Gasteiger partial charge on any atom is 0.302 e. The summed E-state index contributed by atoms with van der Waals surface area (Å²) < 4.78 is 10.3. The summed E-state index contributed by atoms with van der Waals surface area (Å²) >= 11 is 0. The minimum absolute atomic E-state index is 1.79. The molecule has 0 aliphatic carbocycles. The first-order valence-corrected chi connectivity index (χ1v) is 3.24. The molecule has 0 aromatic heterocycles. The van der Waals surface area contributed by atoms with Crippen LogP contribution in [-0.4, -0.2) is 0 Å². The second-order valence-corrected chi connectivity index (χ2v) is 2.75. The molecule has 7 heteroatoms. The molecule has 0 unspecified atom stereocenters. The van der Waals surface area contributed by atoms with Crippen LogP contribution in [0.5, 0.6) is 0 Å². The standard InChI is InChI=1S/H8N5OP/c1-4-7(3,6)5-2/h1-2H2,(H4,3,4,5,6). The summed E-state index contributed by atoms with van der Waals surface area (Å²) in [5.41, 5.74) is 4.80. The highest BCUT2D eigenvalue weighted by atomic mass is 31.2. The lowest BCUT2D eigenvalue weighted by Crippen LogP contribution is -2.35. The fourth-order valence-corrected chi connectivity index (χ4v) is 0.112. The van der Waals surface area contributed by atoms with Crippen LogP contribution in [0, 0.1) is 0 Å². The highest BCUT2D eigenvalue weighted by Gasteiger charge is 2.06. The summed E-state index contributed by atoms with van der Waals surface area (Å²) in [5.74, 6) is 9.27. The number of rotatable bonds is 2. The SMILES string of the molecule is NNP(N)(=O)NN. The quantitative estimate of drug-likeness (QED) is 0.165. The Hall–Kier alpha value is 0.0300. The largest absolute Gasteiger partial charge is 0.302 e. The van der Waals surface area contributed by atoms with Crippen molar-refractivity contribution in [1.82, 2.24) is 10.4 Å². The molecule has 0 rings (SSSR count).